The highest BCUT2D eigenvalue weighted by molar-refractivity contribution is 7.89. The molecule has 150 valence electrons. The van der Waals surface area contributed by atoms with E-state index in [4.69, 9.17) is 10.9 Å². The lowest BCUT2D eigenvalue weighted by Gasteiger charge is -2.34. The van der Waals surface area contributed by atoms with Crippen LogP contribution in [0.25, 0.3) is 0 Å². The van der Waals surface area contributed by atoms with E-state index in [0.29, 0.717) is 31.6 Å². The van der Waals surface area contributed by atoms with Crippen molar-refractivity contribution in [3.63, 3.8) is 0 Å². The molecule has 0 saturated carbocycles. The van der Waals surface area contributed by atoms with E-state index in [9.17, 15) is 18.0 Å². The Morgan fingerprint density at radius 2 is 1.78 bits per heavy atom. The number of carbonyl (C=O) groups excluding carboxylic acids is 2. The van der Waals surface area contributed by atoms with E-state index < -0.39 is 16.1 Å². The maximum absolute atomic E-state index is 12.4. The number of benzene rings is 1. The van der Waals surface area contributed by atoms with Crippen LogP contribution in [0.4, 0.5) is 5.69 Å². The summed E-state index contributed by atoms with van der Waals surface area (Å²) in [4.78, 5) is 26.6. The van der Waals surface area contributed by atoms with Gasteiger partial charge in [-0.3, -0.25) is 9.59 Å². The molecule has 0 radical (unpaired) electrons. The number of rotatable bonds is 6. The second kappa shape index (κ2) is 8.81. The number of nitrogens with one attached hydrogen (secondary N) is 1. The predicted molar refractivity (Wildman–Crippen MR) is 103 cm³/mol. The Balaban J connectivity index is 1.89. The lowest BCUT2D eigenvalue weighted by atomic mass is 9.93. The predicted octanol–water partition coefficient (Wildman–Crippen LogP) is 0.885. The van der Waals surface area contributed by atoms with Gasteiger partial charge < -0.3 is 16.0 Å². The van der Waals surface area contributed by atoms with Crippen LogP contribution in [-0.2, 0) is 19.6 Å². The zero-order valence-corrected chi connectivity index (χ0v) is 16.5. The number of nitrogens with zero attached hydrogens (tertiary/aromatic N) is 1. The highest BCUT2D eigenvalue weighted by Crippen LogP contribution is 2.21. The van der Waals surface area contributed by atoms with E-state index in [-0.39, 0.29) is 28.5 Å². The second-order valence-corrected chi connectivity index (χ2v) is 8.63. The normalized spacial score (nSPS) is 18.0. The van der Waals surface area contributed by atoms with Gasteiger partial charge >= 0.3 is 0 Å². The molecule has 9 heteroatoms. The Bertz CT molecular complexity index is 771. The highest BCUT2D eigenvalue weighted by atomic mass is 32.2. The fourth-order valence-corrected chi connectivity index (χ4v) is 3.56. The zero-order valence-electron chi connectivity index (χ0n) is 15.7. The molecule has 1 aromatic carbocycles. The van der Waals surface area contributed by atoms with Crippen LogP contribution in [0.5, 0.6) is 0 Å². The van der Waals surface area contributed by atoms with Gasteiger partial charge in [0.05, 0.1) is 10.9 Å². The molecule has 27 heavy (non-hydrogen) atoms. The largest absolute Gasteiger partial charge is 0.341 e. The van der Waals surface area contributed by atoms with Gasteiger partial charge in [0.25, 0.3) is 0 Å². The third-order valence-corrected chi connectivity index (χ3v) is 6.10. The molecule has 0 spiro atoms. The van der Waals surface area contributed by atoms with Crippen LogP contribution in [0.1, 0.15) is 33.1 Å². The van der Waals surface area contributed by atoms with Crippen molar-refractivity contribution in [1.82, 2.24) is 4.90 Å². The number of carbonyl (C=O) groups is 2. The smallest absolute Gasteiger partial charge is 0.239 e. The van der Waals surface area contributed by atoms with E-state index in [1.165, 1.54) is 24.3 Å². The third kappa shape index (κ3) is 5.50. The maximum atomic E-state index is 12.4. The average molecular weight is 397 g/mol. The molecule has 5 N–H and O–H groups in total. The minimum absolute atomic E-state index is 0.00929. The summed E-state index contributed by atoms with van der Waals surface area (Å²) in [6.45, 7) is 4.98. The van der Waals surface area contributed by atoms with Crippen LogP contribution in [0.15, 0.2) is 29.2 Å². The zero-order chi connectivity index (χ0) is 20.2. The Morgan fingerprint density at radius 1 is 1.22 bits per heavy atom. The van der Waals surface area contributed by atoms with Gasteiger partial charge in [0.2, 0.25) is 21.8 Å². The maximum Gasteiger partial charge on any atom is 0.239 e. The van der Waals surface area contributed by atoms with Crippen molar-refractivity contribution in [3.05, 3.63) is 24.3 Å². The highest BCUT2D eigenvalue weighted by Gasteiger charge is 2.31. The fraction of sp³-hybridized carbons (Fsp3) is 0.556. The number of sulfonamides is 1. The number of hydrogen-bond acceptors (Lipinski definition) is 5. The fourth-order valence-electron chi connectivity index (χ4n) is 3.04. The van der Waals surface area contributed by atoms with E-state index in [2.05, 4.69) is 5.32 Å². The van der Waals surface area contributed by atoms with Gasteiger partial charge in [0.1, 0.15) is 0 Å². The number of likely N-dealkylation sites (tertiary alicyclic amines) is 1. The molecule has 2 rings (SSSR count). The first-order chi connectivity index (χ1) is 12.6. The molecule has 1 aromatic rings. The monoisotopic (exact) mass is 396 g/mol. The standard InChI is InChI=1S/C18H28N4O4S/c1-3-12(2)16(19)18(24)22-10-8-13(9-11-22)17(23)21-14-4-6-15(7-5-14)27(20,25)26/h4-7,12-13,16H,3,8-11,19H2,1-2H3,(H,21,23)(H2,20,25,26). The quantitative estimate of drug-likeness (QED) is 0.656. The Kier molecular flexibility index (Phi) is 6.96. The molecule has 1 heterocycles. The van der Waals surface area contributed by atoms with Crippen LogP contribution in [0.3, 0.4) is 0 Å². The first kappa shape index (κ1) is 21.3. The summed E-state index contributed by atoms with van der Waals surface area (Å²) in [7, 11) is -3.76. The molecule has 0 aromatic heterocycles. The number of hydrogen-bond donors (Lipinski definition) is 3. The molecular formula is C18H28N4O4S. The van der Waals surface area contributed by atoms with Crippen LogP contribution in [-0.4, -0.2) is 44.3 Å². The van der Waals surface area contributed by atoms with Crippen molar-refractivity contribution in [3.8, 4) is 0 Å². The summed E-state index contributed by atoms with van der Waals surface area (Å²) in [5, 5.41) is 7.84. The van der Waals surface area contributed by atoms with Crippen molar-refractivity contribution in [2.24, 2.45) is 22.7 Å². The molecule has 2 amide bonds. The molecule has 2 atom stereocenters. The Labute approximate surface area is 160 Å². The van der Waals surface area contributed by atoms with Crippen LogP contribution in [0, 0.1) is 11.8 Å². The topological polar surface area (TPSA) is 136 Å². The van der Waals surface area contributed by atoms with Crippen LogP contribution in [0.2, 0.25) is 0 Å². The lowest BCUT2D eigenvalue weighted by Crippen LogP contribution is -2.50. The molecular weight excluding hydrogens is 368 g/mol. The molecule has 1 aliphatic heterocycles. The SMILES string of the molecule is CCC(C)C(N)C(=O)N1CCC(C(=O)Nc2ccc(S(N)(=O)=O)cc2)CC1. The minimum atomic E-state index is -3.76. The summed E-state index contributed by atoms with van der Waals surface area (Å²) in [5.74, 6) is -0.274. The molecule has 0 aliphatic carbocycles. The van der Waals surface area contributed by atoms with Crippen molar-refractivity contribution >= 4 is 27.5 Å². The van der Waals surface area contributed by atoms with Gasteiger partial charge in [-0.05, 0) is 43.0 Å². The van der Waals surface area contributed by atoms with Gasteiger partial charge in [0.15, 0.2) is 0 Å². The van der Waals surface area contributed by atoms with E-state index in [1.54, 1.807) is 4.90 Å². The van der Waals surface area contributed by atoms with Crippen LogP contribution >= 0.6 is 0 Å². The average Bonchev–Trinajstić information content (AvgIpc) is 2.66. The van der Waals surface area contributed by atoms with Gasteiger partial charge in [-0.2, -0.15) is 0 Å². The molecule has 8 nitrogen and oxygen atoms in total. The minimum Gasteiger partial charge on any atom is -0.341 e. The van der Waals surface area contributed by atoms with E-state index in [1.807, 2.05) is 13.8 Å². The second-order valence-electron chi connectivity index (χ2n) is 7.07. The summed E-state index contributed by atoms with van der Waals surface area (Å²) in [6, 6.07) is 5.20. The summed E-state index contributed by atoms with van der Waals surface area (Å²) < 4.78 is 22.5. The van der Waals surface area contributed by atoms with Crippen molar-refractivity contribution < 1.29 is 18.0 Å². The number of primary sulfonamides is 1. The van der Waals surface area contributed by atoms with Crippen molar-refractivity contribution in [2.75, 3.05) is 18.4 Å². The van der Waals surface area contributed by atoms with Gasteiger partial charge in [-0.1, -0.05) is 20.3 Å². The van der Waals surface area contributed by atoms with Crippen molar-refractivity contribution in [2.45, 2.75) is 44.0 Å². The lowest BCUT2D eigenvalue weighted by molar-refractivity contribution is -0.136. The molecule has 0 bridgehead atoms. The van der Waals surface area contributed by atoms with E-state index >= 15 is 0 Å². The first-order valence-corrected chi connectivity index (χ1v) is 10.7. The van der Waals surface area contributed by atoms with Gasteiger partial charge in [-0.15, -0.1) is 0 Å². The molecule has 1 aliphatic rings. The number of amides is 2. The molecule has 1 saturated heterocycles. The molecule has 2 unspecified atom stereocenters. The first-order valence-electron chi connectivity index (χ1n) is 9.11. The number of nitrogens with two attached hydrogens (primary N) is 2. The molecule has 1 fully saturated rings. The summed E-state index contributed by atoms with van der Waals surface area (Å²) >= 11 is 0. The Hall–Kier alpha value is -1.97. The Morgan fingerprint density at radius 3 is 2.26 bits per heavy atom. The van der Waals surface area contributed by atoms with Crippen LogP contribution < -0.4 is 16.2 Å². The third-order valence-electron chi connectivity index (χ3n) is 5.17. The van der Waals surface area contributed by atoms with Gasteiger partial charge in [0, 0.05) is 24.7 Å². The van der Waals surface area contributed by atoms with E-state index in [0.717, 1.165) is 6.42 Å². The van der Waals surface area contributed by atoms with Gasteiger partial charge in [-0.25, -0.2) is 13.6 Å². The number of anilines is 1. The summed E-state index contributed by atoms with van der Waals surface area (Å²) in [5.41, 5.74) is 6.52. The van der Waals surface area contributed by atoms with Crippen molar-refractivity contribution in [1.29, 1.82) is 0 Å². The number of piperidine rings is 1. The summed E-state index contributed by atoms with van der Waals surface area (Å²) in [6.07, 6.45) is 1.98.